The van der Waals surface area contributed by atoms with Crippen molar-refractivity contribution >= 4 is 26.8 Å². The zero-order chi connectivity index (χ0) is 26.8. The summed E-state index contributed by atoms with van der Waals surface area (Å²) >= 11 is 0. The van der Waals surface area contributed by atoms with Gasteiger partial charge in [-0.1, -0.05) is 46.8 Å². The highest BCUT2D eigenvalue weighted by molar-refractivity contribution is 7.90. The second-order valence-corrected chi connectivity index (χ2v) is 23.6. The van der Waals surface area contributed by atoms with Gasteiger partial charge in [0.05, 0.1) is 29.6 Å². The number of nitrogens with two attached hydrogens (primary N) is 1. The third kappa shape index (κ3) is 5.18. The number of rotatable bonds is 6. The molecule has 0 amide bonds. The summed E-state index contributed by atoms with van der Waals surface area (Å²) in [6.45, 7) is 23.1. The van der Waals surface area contributed by atoms with Crippen molar-refractivity contribution in [3.05, 3.63) is 23.0 Å². The van der Waals surface area contributed by atoms with E-state index >= 15 is 0 Å². The molecule has 3 heterocycles. The molecule has 2 aliphatic rings. The van der Waals surface area contributed by atoms with Crippen molar-refractivity contribution in [2.45, 2.75) is 109 Å². The fourth-order valence-corrected chi connectivity index (χ4v) is 7.20. The quantitative estimate of drug-likeness (QED) is 0.418. The van der Waals surface area contributed by atoms with E-state index in [1.165, 1.54) is 0 Å². The van der Waals surface area contributed by atoms with Gasteiger partial charge in [0, 0.05) is 0 Å². The molecule has 1 saturated heterocycles. The van der Waals surface area contributed by atoms with Gasteiger partial charge in [0.1, 0.15) is 12.2 Å². The lowest BCUT2D eigenvalue weighted by Gasteiger charge is -2.43. The van der Waals surface area contributed by atoms with Gasteiger partial charge in [-0.15, -0.1) is 5.10 Å². The topological polar surface area (TPSA) is 128 Å². The van der Waals surface area contributed by atoms with E-state index in [0.717, 1.165) is 5.41 Å². The highest BCUT2D eigenvalue weighted by Crippen LogP contribution is 2.52. The molecule has 35 heavy (non-hydrogen) atoms. The van der Waals surface area contributed by atoms with E-state index in [1.54, 1.807) is 10.9 Å². The number of ether oxygens (including phenoxy) is 1. The molecule has 0 bridgehead atoms. The second-order valence-electron chi connectivity index (χ2n) is 12.7. The Labute approximate surface area is 211 Å². The lowest BCUT2D eigenvalue weighted by atomic mass is 9.89. The molecule has 1 aromatic heterocycles. The maximum Gasteiger partial charge on any atom is 0.292 e. The normalized spacial score (nSPS) is 29.7. The van der Waals surface area contributed by atoms with Gasteiger partial charge < -0.3 is 19.3 Å². The van der Waals surface area contributed by atoms with Gasteiger partial charge in [-0.05, 0) is 43.2 Å². The van der Waals surface area contributed by atoms with Crippen LogP contribution >= 0.6 is 0 Å². The number of nitrogens with zero attached hydrogens (tertiary/aromatic N) is 3. The zero-order valence-electron chi connectivity index (χ0n) is 22.9. The molecule has 0 radical (unpaired) electrons. The van der Waals surface area contributed by atoms with Crippen LogP contribution in [0.3, 0.4) is 0 Å². The van der Waals surface area contributed by atoms with Crippen LogP contribution in [-0.2, 0) is 27.9 Å². The molecule has 1 fully saturated rings. The monoisotopic (exact) mass is 546 g/mol. The average Bonchev–Trinajstić information content (AvgIpc) is 3.27. The number of aryl methyl sites for hydroxylation is 1. The van der Waals surface area contributed by atoms with E-state index in [-0.39, 0.29) is 22.4 Å². The van der Waals surface area contributed by atoms with E-state index in [4.69, 9.17) is 23.5 Å². The molecule has 13 heteroatoms. The Morgan fingerprint density at radius 1 is 1.11 bits per heavy atom. The van der Waals surface area contributed by atoms with Crippen LogP contribution in [0.2, 0.25) is 36.3 Å². The fourth-order valence-electron chi connectivity index (χ4n) is 3.69. The Morgan fingerprint density at radius 3 is 2.11 bits per heavy atom. The summed E-state index contributed by atoms with van der Waals surface area (Å²) in [6.07, 6.45) is -0.792. The van der Waals surface area contributed by atoms with Gasteiger partial charge in [-0.25, -0.2) is 8.86 Å². The van der Waals surface area contributed by atoms with Crippen LogP contribution in [-0.4, -0.2) is 64.5 Å². The van der Waals surface area contributed by atoms with Crippen LogP contribution in [0.25, 0.3) is 0 Å². The molecule has 1 spiro atoms. The minimum absolute atomic E-state index is 0.0457. The first-order valence-electron chi connectivity index (χ1n) is 11.9. The summed E-state index contributed by atoms with van der Waals surface area (Å²) in [5, 5.41) is 9.07. The first-order chi connectivity index (χ1) is 15.6. The van der Waals surface area contributed by atoms with Gasteiger partial charge in [0.15, 0.2) is 28.5 Å². The molecule has 4 atom stereocenters. The maximum atomic E-state index is 12.7. The Kier molecular flexibility index (Phi) is 7.11. The number of hydrogen-bond donors (Lipinski definition) is 1. The predicted octanol–water partition coefficient (Wildman–Crippen LogP) is 3.80. The third-order valence-electron chi connectivity index (χ3n) is 7.96. The smallest absolute Gasteiger partial charge is 0.292 e. The summed E-state index contributed by atoms with van der Waals surface area (Å²) in [5.41, 5.74) is 5.61. The Morgan fingerprint density at radius 2 is 1.69 bits per heavy atom. The van der Waals surface area contributed by atoms with Crippen molar-refractivity contribution in [1.29, 1.82) is 0 Å². The number of hydrogen-bond acceptors (Lipinski definition) is 9. The van der Waals surface area contributed by atoms with Crippen molar-refractivity contribution in [2.24, 2.45) is 5.73 Å². The minimum Gasteiger partial charge on any atom is -0.414 e. The van der Waals surface area contributed by atoms with Crippen molar-refractivity contribution < 1.29 is 26.2 Å². The molecule has 1 unspecified atom stereocenters. The van der Waals surface area contributed by atoms with Crippen molar-refractivity contribution in [3.63, 3.8) is 0 Å². The van der Waals surface area contributed by atoms with E-state index in [1.807, 2.05) is 6.92 Å². The van der Waals surface area contributed by atoms with Gasteiger partial charge in [0.25, 0.3) is 10.1 Å². The highest BCUT2D eigenvalue weighted by atomic mass is 32.2. The molecule has 0 aromatic carbocycles. The molecule has 0 saturated carbocycles. The molecule has 1 aromatic rings. The summed E-state index contributed by atoms with van der Waals surface area (Å²) < 4.78 is 52.6. The molecule has 200 valence electrons. The standard InChI is InChI=1S/C22H42N4O6SSi2/c1-15-12-26(25-24-15)19-18(31-35(10,11)21(5,6)7)22(16(23)14-33(27,28)32-22)17(30-19)13-29-34(8,9)20(2,3)4/h12,14,17-19H,13,23H2,1-11H3/t17-,18+,19-,22?/m1/s1. The fraction of sp³-hybridized carbons (Fsp3) is 0.818. The first-order valence-corrected chi connectivity index (χ1v) is 19.2. The van der Waals surface area contributed by atoms with E-state index < -0.39 is 50.8 Å². The molecule has 0 aliphatic carbocycles. The lowest BCUT2D eigenvalue weighted by molar-refractivity contribution is -0.0595. The van der Waals surface area contributed by atoms with Gasteiger partial charge >= 0.3 is 0 Å². The highest BCUT2D eigenvalue weighted by Gasteiger charge is 2.67. The molecule has 3 rings (SSSR count). The summed E-state index contributed by atoms with van der Waals surface area (Å²) in [6, 6.07) is 0. The summed E-state index contributed by atoms with van der Waals surface area (Å²) in [5.74, 6) is 0. The van der Waals surface area contributed by atoms with Crippen molar-refractivity contribution in [1.82, 2.24) is 15.0 Å². The average molecular weight is 547 g/mol. The predicted molar refractivity (Wildman–Crippen MR) is 139 cm³/mol. The zero-order valence-corrected chi connectivity index (χ0v) is 25.7. The first kappa shape index (κ1) is 28.5. The molecular formula is C22H42N4O6SSi2. The Bertz CT molecular complexity index is 1090. The van der Waals surface area contributed by atoms with E-state index in [2.05, 4.69) is 78.0 Å². The minimum atomic E-state index is -4.05. The maximum absolute atomic E-state index is 12.7. The largest absolute Gasteiger partial charge is 0.414 e. The number of aromatic nitrogens is 3. The van der Waals surface area contributed by atoms with Crippen LogP contribution in [0.4, 0.5) is 0 Å². The van der Waals surface area contributed by atoms with Crippen LogP contribution in [0.5, 0.6) is 0 Å². The summed E-state index contributed by atoms with van der Waals surface area (Å²) in [4.78, 5) is 0. The van der Waals surface area contributed by atoms with Crippen molar-refractivity contribution in [3.8, 4) is 0 Å². The Hall–Kier alpha value is -1.10. The molecular weight excluding hydrogens is 505 g/mol. The van der Waals surface area contributed by atoms with Crippen LogP contribution < -0.4 is 5.73 Å². The molecule has 2 N–H and O–H groups in total. The van der Waals surface area contributed by atoms with Crippen LogP contribution in [0, 0.1) is 6.92 Å². The van der Waals surface area contributed by atoms with E-state index in [0.29, 0.717) is 5.69 Å². The third-order valence-corrected chi connectivity index (χ3v) is 18.0. The van der Waals surface area contributed by atoms with Gasteiger partial charge in [-0.3, -0.25) is 0 Å². The summed E-state index contributed by atoms with van der Waals surface area (Å²) in [7, 11) is -8.71. The molecule has 10 nitrogen and oxygen atoms in total. The molecule has 2 aliphatic heterocycles. The second kappa shape index (κ2) is 8.74. The SMILES string of the molecule is Cc1cn([C@@H]2O[C@H](CO[Si](C)(C)C(C)(C)C)C3(OS(=O)(=O)C=C3N)[C@H]2O[Si](C)(C)C(C)(C)C)nn1. The lowest BCUT2D eigenvalue weighted by Crippen LogP contribution is -2.59. The Balaban J connectivity index is 2.13. The van der Waals surface area contributed by atoms with Crippen molar-refractivity contribution in [2.75, 3.05) is 6.61 Å². The van der Waals surface area contributed by atoms with Gasteiger partial charge in [0.2, 0.25) is 0 Å². The van der Waals surface area contributed by atoms with E-state index in [9.17, 15) is 8.42 Å². The van der Waals surface area contributed by atoms with Gasteiger partial charge in [-0.2, -0.15) is 8.42 Å². The van der Waals surface area contributed by atoms with Crippen LogP contribution in [0.15, 0.2) is 17.3 Å². The van der Waals surface area contributed by atoms with Crippen LogP contribution in [0.1, 0.15) is 53.5 Å².